The number of hydrogen-bond donors (Lipinski definition) is 5. The number of nitrogens with one attached hydrogen (secondary N) is 3. The Morgan fingerprint density at radius 1 is 0.943 bits per heavy atom. The van der Waals surface area contributed by atoms with E-state index in [2.05, 4.69) is 63.9 Å². The van der Waals surface area contributed by atoms with Crippen LogP contribution in [0, 0.1) is 0 Å². The molecule has 14 nitrogen and oxygen atoms in total. The fourth-order valence-corrected chi connectivity index (χ4v) is 7.48. The lowest BCUT2D eigenvalue weighted by atomic mass is 9.91. The van der Waals surface area contributed by atoms with E-state index in [9.17, 15) is 19.8 Å². The zero-order chi connectivity index (χ0) is 37.5. The Morgan fingerprint density at radius 3 is 2.23 bits per heavy atom. The highest BCUT2D eigenvalue weighted by molar-refractivity contribution is 5.84. The van der Waals surface area contributed by atoms with Gasteiger partial charge in [0.25, 0.3) is 5.91 Å². The molecular weight excluding hydrogens is 674 g/mol. The molecule has 0 radical (unpaired) electrons. The molecule has 5 N–H and O–H groups in total. The van der Waals surface area contributed by atoms with E-state index in [0.717, 1.165) is 17.7 Å². The van der Waals surface area contributed by atoms with Crippen molar-refractivity contribution in [3.05, 3.63) is 83.9 Å². The number of imidazole rings is 1. The summed E-state index contributed by atoms with van der Waals surface area (Å²) < 4.78 is 7.43. The molecule has 1 saturated carbocycles. The van der Waals surface area contributed by atoms with Gasteiger partial charge < -0.3 is 35.8 Å². The fourth-order valence-electron chi connectivity index (χ4n) is 7.48. The van der Waals surface area contributed by atoms with Gasteiger partial charge in [-0.05, 0) is 44.7 Å². The van der Waals surface area contributed by atoms with E-state index in [1.54, 1.807) is 18.9 Å². The van der Waals surface area contributed by atoms with Gasteiger partial charge in [-0.1, -0.05) is 73.5 Å². The number of hydrogen-bond acceptors (Lipinski definition) is 10. The number of carbonyl (C=O) groups is 2. The summed E-state index contributed by atoms with van der Waals surface area (Å²) >= 11 is 0. The molecule has 4 aromatic rings. The van der Waals surface area contributed by atoms with Crippen LogP contribution in [-0.4, -0.2) is 115 Å². The Labute approximate surface area is 311 Å². The van der Waals surface area contributed by atoms with Gasteiger partial charge in [-0.25, -0.2) is 19.7 Å². The molecule has 6 rings (SSSR count). The molecule has 284 valence electrons. The van der Waals surface area contributed by atoms with Crippen molar-refractivity contribution in [1.29, 1.82) is 0 Å². The number of benzene rings is 2. The van der Waals surface area contributed by atoms with E-state index in [4.69, 9.17) is 14.7 Å². The van der Waals surface area contributed by atoms with Gasteiger partial charge in [0.1, 0.15) is 12.2 Å². The van der Waals surface area contributed by atoms with Crippen LogP contribution in [-0.2, 0) is 16.1 Å². The SMILES string of the molecule is CCNC(=O)[C@H]1O[C@@H](n2cnc3c(NCC(c4ccccc4)c4ccccc4)nc(CNC(=O)N(C)CCN(C(C)C)C4CCCC4)nc32)[C@H](O)[C@@H]1O. The molecule has 2 fully saturated rings. The first-order chi connectivity index (χ1) is 25.7. The Bertz CT molecular complexity index is 1760. The molecule has 0 spiro atoms. The molecule has 14 heteroatoms. The number of anilines is 1. The number of aliphatic hydroxyl groups is 2. The lowest BCUT2D eigenvalue weighted by Gasteiger charge is -2.34. The first kappa shape index (κ1) is 38.1. The topological polar surface area (TPSA) is 170 Å². The summed E-state index contributed by atoms with van der Waals surface area (Å²) in [5.41, 5.74) is 2.96. The predicted octanol–water partition coefficient (Wildman–Crippen LogP) is 3.62. The second kappa shape index (κ2) is 17.5. The van der Waals surface area contributed by atoms with E-state index in [-0.39, 0.29) is 18.5 Å². The van der Waals surface area contributed by atoms with Crippen LogP contribution < -0.4 is 16.0 Å². The number of fused-ring (bicyclic) bond motifs is 1. The van der Waals surface area contributed by atoms with Crippen molar-refractivity contribution in [1.82, 2.24) is 40.0 Å². The number of urea groups is 1. The van der Waals surface area contributed by atoms with Gasteiger partial charge in [-0.2, -0.15) is 0 Å². The number of ether oxygens (including phenoxy) is 1. The standard InChI is InChI=1S/C39H53N9O5/c1-5-40-37(51)34-32(49)33(50)38(53-34)48-24-43-31-35(41-22-29(26-14-8-6-9-15-26)27-16-10-7-11-17-27)44-30(45-36(31)48)23-42-39(52)46(4)20-21-47(25(2)3)28-18-12-13-19-28/h6-11,14-17,24-25,28-29,32-34,38,49-50H,5,12-13,18-23H2,1-4H3,(H,40,51)(H,42,52)(H,41,44,45)/t32-,33+,34-,38+/m0/s1. The van der Waals surface area contributed by atoms with E-state index >= 15 is 0 Å². The summed E-state index contributed by atoms with van der Waals surface area (Å²) in [5.74, 6) is 0.190. The molecule has 2 aromatic heterocycles. The van der Waals surface area contributed by atoms with E-state index in [1.165, 1.54) is 36.6 Å². The molecule has 4 atom stereocenters. The van der Waals surface area contributed by atoms with E-state index < -0.39 is 30.4 Å². The average molecular weight is 728 g/mol. The van der Waals surface area contributed by atoms with Crippen LogP contribution in [0.25, 0.3) is 11.2 Å². The van der Waals surface area contributed by atoms with Crippen LogP contribution in [0.5, 0.6) is 0 Å². The van der Waals surface area contributed by atoms with Gasteiger partial charge in [0.05, 0.1) is 12.9 Å². The van der Waals surface area contributed by atoms with Crippen LogP contribution in [0.1, 0.15) is 75.6 Å². The molecule has 1 aliphatic carbocycles. The van der Waals surface area contributed by atoms with Crippen molar-refractivity contribution in [3.8, 4) is 0 Å². The van der Waals surface area contributed by atoms with Crippen LogP contribution in [0.4, 0.5) is 10.6 Å². The minimum atomic E-state index is -1.46. The summed E-state index contributed by atoms with van der Waals surface area (Å²) in [6, 6.07) is 21.1. The van der Waals surface area contributed by atoms with Crippen molar-refractivity contribution in [2.75, 3.05) is 38.5 Å². The van der Waals surface area contributed by atoms with Gasteiger partial charge in [0.2, 0.25) is 0 Å². The highest BCUT2D eigenvalue weighted by Crippen LogP contribution is 2.33. The van der Waals surface area contributed by atoms with Gasteiger partial charge in [-0.3, -0.25) is 14.3 Å². The predicted molar refractivity (Wildman–Crippen MR) is 202 cm³/mol. The number of nitrogens with zero attached hydrogens (tertiary/aromatic N) is 6. The Balaban J connectivity index is 1.25. The monoisotopic (exact) mass is 727 g/mol. The van der Waals surface area contributed by atoms with Gasteiger partial charge in [-0.15, -0.1) is 0 Å². The normalized spacial score (nSPS) is 20.5. The van der Waals surface area contributed by atoms with Crippen LogP contribution in [0.3, 0.4) is 0 Å². The highest BCUT2D eigenvalue weighted by atomic mass is 16.6. The van der Waals surface area contributed by atoms with E-state index in [0.29, 0.717) is 54.5 Å². The molecule has 2 aromatic carbocycles. The average Bonchev–Trinajstić information content (AvgIpc) is 3.92. The molecule has 3 amide bonds. The molecule has 1 saturated heterocycles. The molecular formula is C39H53N9O5. The maximum atomic E-state index is 13.3. The second-order valence-corrected chi connectivity index (χ2v) is 14.2. The summed E-state index contributed by atoms with van der Waals surface area (Å²) in [6.07, 6.45) is 1.05. The van der Waals surface area contributed by atoms with Gasteiger partial charge in [0.15, 0.2) is 35.1 Å². The summed E-state index contributed by atoms with van der Waals surface area (Å²) in [4.78, 5) is 44.4. The van der Waals surface area contributed by atoms with Crippen molar-refractivity contribution in [2.24, 2.45) is 0 Å². The minimum absolute atomic E-state index is 0.0223. The number of carbonyl (C=O) groups excluding carboxylic acids is 2. The largest absolute Gasteiger partial charge is 0.387 e. The summed E-state index contributed by atoms with van der Waals surface area (Å²) in [5, 5.41) is 30.9. The zero-order valence-electron chi connectivity index (χ0n) is 31.1. The van der Waals surface area contributed by atoms with Crippen LogP contribution in [0.2, 0.25) is 0 Å². The molecule has 0 unspecified atom stereocenters. The third kappa shape index (κ3) is 8.78. The van der Waals surface area contributed by atoms with Crippen molar-refractivity contribution in [3.63, 3.8) is 0 Å². The Kier molecular flexibility index (Phi) is 12.6. The van der Waals surface area contributed by atoms with Crippen molar-refractivity contribution >= 4 is 28.9 Å². The molecule has 0 bridgehead atoms. The molecule has 2 aliphatic rings. The lowest BCUT2D eigenvalue weighted by Crippen LogP contribution is -2.46. The van der Waals surface area contributed by atoms with Gasteiger partial charge in [0, 0.05) is 51.2 Å². The summed E-state index contributed by atoms with van der Waals surface area (Å²) in [6.45, 7) is 8.38. The maximum Gasteiger partial charge on any atom is 0.317 e. The number of aromatic nitrogens is 4. The molecule has 3 heterocycles. The fraction of sp³-hybridized carbons (Fsp3) is 0.513. The van der Waals surface area contributed by atoms with Crippen LogP contribution >= 0.6 is 0 Å². The smallest absolute Gasteiger partial charge is 0.317 e. The van der Waals surface area contributed by atoms with Crippen molar-refractivity contribution in [2.45, 2.75) is 95.5 Å². The first-order valence-corrected chi connectivity index (χ1v) is 18.8. The lowest BCUT2D eigenvalue weighted by molar-refractivity contribution is -0.137. The number of aliphatic hydroxyl groups excluding tert-OH is 2. The second-order valence-electron chi connectivity index (χ2n) is 14.2. The maximum absolute atomic E-state index is 13.3. The third-order valence-electron chi connectivity index (χ3n) is 10.4. The quantitative estimate of drug-likeness (QED) is 0.122. The van der Waals surface area contributed by atoms with E-state index in [1.807, 2.05) is 36.4 Å². The summed E-state index contributed by atoms with van der Waals surface area (Å²) in [7, 11) is 1.79. The number of rotatable bonds is 15. The third-order valence-corrected chi connectivity index (χ3v) is 10.4. The highest BCUT2D eigenvalue weighted by Gasteiger charge is 2.47. The number of likely N-dealkylation sites (N-methyl/N-ethyl adjacent to an activating group) is 2. The number of amides is 3. The molecule has 53 heavy (non-hydrogen) atoms. The first-order valence-electron chi connectivity index (χ1n) is 18.8. The van der Waals surface area contributed by atoms with Gasteiger partial charge >= 0.3 is 6.03 Å². The van der Waals surface area contributed by atoms with Crippen molar-refractivity contribution < 1.29 is 24.5 Å². The molecule has 1 aliphatic heterocycles. The minimum Gasteiger partial charge on any atom is -0.387 e. The van der Waals surface area contributed by atoms with Crippen LogP contribution in [0.15, 0.2) is 67.0 Å². The Morgan fingerprint density at radius 2 is 1.60 bits per heavy atom. The Hall–Kier alpha value is -4.63. The zero-order valence-corrected chi connectivity index (χ0v) is 31.1.